The summed E-state index contributed by atoms with van der Waals surface area (Å²) in [4.78, 5) is 11.3. The van der Waals surface area contributed by atoms with Gasteiger partial charge in [0.2, 0.25) is 0 Å². The molecule has 0 aromatic carbocycles. The van der Waals surface area contributed by atoms with Crippen LogP contribution in [-0.2, 0) is 17.3 Å². The van der Waals surface area contributed by atoms with Crippen LogP contribution < -0.4 is 5.73 Å². The second-order valence-electron chi connectivity index (χ2n) is 3.73. The second-order valence-corrected chi connectivity index (χ2v) is 3.73. The summed E-state index contributed by atoms with van der Waals surface area (Å²) < 4.78 is 6.24. The van der Waals surface area contributed by atoms with E-state index >= 15 is 0 Å². The molecule has 1 heterocycles. The average molecular weight is 212 g/mol. The van der Waals surface area contributed by atoms with Crippen LogP contribution in [0.1, 0.15) is 23.1 Å². The monoisotopic (exact) mass is 212 g/mol. The third-order valence-corrected chi connectivity index (χ3v) is 2.43. The molecule has 1 aromatic rings. The Morgan fingerprint density at radius 2 is 2.27 bits per heavy atom. The Kier molecular flexibility index (Phi) is 3.16. The van der Waals surface area contributed by atoms with Crippen molar-refractivity contribution in [2.45, 2.75) is 12.5 Å². The van der Waals surface area contributed by atoms with Gasteiger partial charge in [-0.05, 0) is 19.1 Å². The molecule has 0 radical (unpaired) electrons. The molecular formula is C10H16N2O3. The molecule has 0 saturated carbocycles. The number of aliphatic hydroxyl groups is 1. The summed E-state index contributed by atoms with van der Waals surface area (Å²) in [7, 11) is 3.03. The van der Waals surface area contributed by atoms with Crippen molar-refractivity contribution >= 4 is 5.97 Å². The van der Waals surface area contributed by atoms with Crippen LogP contribution in [0, 0.1) is 0 Å². The van der Waals surface area contributed by atoms with Crippen LogP contribution in [0.25, 0.3) is 0 Å². The summed E-state index contributed by atoms with van der Waals surface area (Å²) >= 11 is 0. The van der Waals surface area contributed by atoms with Crippen molar-refractivity contribution in [3.8, 4) is 0 Å². The lowest BCUT2D eigenvalue weighted by Gasteiger charge is -2.23. The molecule has 1 aromatic heterocycles. The fourth-order valence-electron chi connectivity index (χ4n) is 1.48. The summed E-state index contributed by atoms with van der Waals surface area (Å²) in [5, 5.41) is 9.12. The molecule has 0 amide bonds. The Balaban J connectivity index is 3.15. The van der Waals surface area contributed by atoms with Gasteiger partial charge in [0.05, 0.1) is 19.3 Å². The van der Waals surface area contributed by atoms with Crippen LogP contribution in [0.5, 0.6) is 0 Å². The van der Waals surface area contributed by atoms with E-state index in [4.69, 9.17) is 10.8 Å². The number of carbonyl (C=O) groups excluding carboxylic acids is 1. The SMILES string of the molecule is COC(=O)c1ccc(C(C)(N)CO)n1C. The van der Waals surface area contributed by atoms with E-state index in [2.05, 4.69) is 4.74 Å². The maximum atomic E-state index is 11.3. The first-order chi connectivity index (χ1) is 6.94. The van der Waals surface area contributed by atoms with E-state index in [9.17, 15) is 4.79 Å². The van der Waals surface area contributed by atoms with Crippen LogP contribution in [0.3, 0.4) is 0 Å². The number of nitrogens with zero attached hydrogens (tertiary/aromatic N) is 1. The lowest BCUT2D eigenvalue weighted by molar-refractivity contribution is 0.0588. The largest absolute Gasteiger partial charge is 0.464 e. The van der Waals surface area contributed by atoms with Gasteiger partial charge in [0.1, 0.15) is 5.69 Å². The minimum Gasteiger partial charge on any atom is -0.464 e. The number of carbonyl (C=O) groups is 1. The normalized spacial score (nSPS) is 14.7. The molecular weight excluding hydrogens is 196 g/mol. The van der Waals surface area contributed by atoms with E-state index in [0.29, 0.717) is 11.4 Å². The van der Waals surface area contributed by atoms with Gasteiger partial charge < -0.3 is 20.1 Å². The molecule has 1 atom stereocenters. The van der Waals surface area contributed by atoms with Crippen molar-refractivity contribution in [1.29, 1.82) is 0 Å². The molecule has 0 bridgehead atoms. The Morgan fingerprint density at radius 3 is 2.73 bits per heavy atom. The van der Waals surface area contributed by atoms with Gasteiger partial charge in [-0.3, -0.25) is 0 Å². The number of hydrogen-bond acceptors (Lipinski definition) is 4. The zero-order valence-electron chi connectivity index (χ0n) is 9.15. The van der Waals surface area contributed by atoms with Gasteiger partial charge in [0.25, 0.3) is 0 Å². The third kappa shape index (κ3) is 2.03. The molecule has 3 N–H and O–H groups in total. The lowest BCUT2D eigenvalue weighted by Crippen LogP contribution is -2.39. The van der Waals surface area contributed by atoms with Crippen molar-refractivity contribution in [1.82, 2.24) is 4.57 Å². The Morgan fingerprint density at radius 1 is 1.67 bits per heavy atom. The van der Waals surface area contributed by atoms with E-state index in [0.717, 1.165) is 0 Å². The highest BCUT2D eigenvalue weighted by atomic mass is 16.5. The van der Waals surface area contributed by atoms with Crippen molar-refractivity contribution in [3.63, 3.8) is 0 Å². The number of methoxy groups -OCH3 is 1. The van der Waals surface area contributed by atoms with Crippen molar-refractivity contribution < 1.29 is 14.6 Å². The number of esters is 1. The van der Waals surface area contributed by atoms with Gasteiger partial charge in [-0.25, -0.2) is 4.79 Å². The summed E-state index contributed by atoms with van der Waals surface area (Å²) in [6.07, 6.45) is 0. The number of aliphatic hydroxyl groups excluding tert-OH is 1. The zero-order valence-corrected chi connectivity index (χ0v) is 9.15. The predicted octanol–water partition coefficient (Wildman–Crippen LogP) is -0.0221. The van der Waals surface area contributed by atoms with E-state index in [-0.39, 0.29) is 6.61 Å². The fraction of sp³-hybridized carbons (Fsp3) is 0.500. The topological polar surface area (TPSA) is 77.5 Å². The van der Waals surface area contributed by atoms with E-state index in [1.54, 1.807) is 30.7 Å². The maximum absolute atomic E-state index is 11.3. The van der Waals surface area contributed by atoms with Crippen LogP contribution in [0.15, 0.2) is 12.1 Å². The van der Waals surface area contributed by atoms with Gasteiger partial charge in [0.15, 0.2) is 0 Å². The number of nitrogens with two attached hydrogens (primary N) is 1. The summed E-state index contributed by atoms with van der Waals surface area (Å²) in [6, 6.07) is 3.34. The van der Waals surface area contributed by atoms with Crippen LogP contribution >= 0.6 is 0 Å². The second kappa shape index (κ2) is 4.04. The molecule has 1 unspecified atom stereocenters. The first-order valence-electron chi connectivity index (χ1n) is 4.58. The summed E-state index contributed by atoms with van der Waals surface area (Å²) in [5.41, 5.74) is 6.11. The Labute approximate surface area is 88.4 Å². The third-order valence-electron chi connectivity index (χ3n) is 2.43. The van der Waals surface area contributed by atoms with Gasteiger partial charge >= 0.3 is 5.97 Å². The van der Waals surface area contributed by atoms with E-state index in [1.165, 1.54) is 7.11 Å². The zero-order chi connectivity index (χ0) is 11.6. The Bertz CT molecular complexity index is 369. The highest BCUT2D eigenvalue weighted by Crippen LogP contribution is 2.19. The molecule has 15 heavy (non-hydrogen) atoms. The molecule has 0 saturated heterocycles. The first kappa shape index (κ1) is 11.7. The number of hydrogen-bond donors (Lipinski definition) is 2. The van der Waals surface area contributed by atoms with Crippen LogP contribution in [0.4, 0.5) is 0 Å². The molecule has 0 fully saturated rings. The summed E-state index contributed by atoms with van der Waals surface area (Å²) in [5.74, 6) is -0.419. The number of rotatable bonds is 3. The molecule has 5 nitrogen and oxygen atoms in total. The van der Waals surface area contributed by atoms with Crippen molar-refractivity contribution in [2.24, 2.45) is 12.8 Å². The van der Waals surface area contributed by atoms with Crippen molar-refractivity contribution in [2.75, 3.05) is 13.7 Å². The number of ether oxygens (including phenoxy) is 1. The quantitative estimate of drug-likeness (QED) is 0.690. The highest BCUT2D eigenvalue weighted by Gasteiger charge is 2.25. The molecule has 0 spiro atoms. The van der Waals surface area contributed by atoms with Crippen molar-refractivity contribution in [3.05, 3.63) is 23.5 Å². The minimum atomic E-state index is -0.860. The standard InChI is InChI=1S/C10H16N2O3/c1-10(11,6-13)8-5-4-7(12(8)2)9(14)15-3/h4-5,13H,6,11H2,1-3H3. The van der Waals surface area contributed by atoms with E-state index < -0.39 is 11.5 Å². The summed E-state index contributed by atoms with van der Waals surface area (Å²) in [6.45, 7) is 1.51. The highest BCUT2D eigenvalue weighted by molar-refractivity contribution is 5.87. The molecule has 1 rings (SSSR count). The first-order valence-corrected chi connectivity index (χ1v) is 4.58. The molecule has 0 aliphatic heterocycles. The van der Waals surface area contributed by atoms with Gasteiger partial charge in [-0.2, -0.15) is 0 Å². The predicted molar refractivity (Wildman–Crippen MR) is 55.4 cm³/mol. The smallest absolute Gasteiger partial charge is 0.354 e. The van der Waals surface area contributed by atoms with Gasteiger partial charge in [-0.1, -0.05) is 0 Å². The van der Waals surface area contributed by atoms with Gasteiger partial charge in [0, 0.05) is 12.7 Å². The maximum Gasteiger partial charge on any atom is 0.354 e. The van der Waals surface area contributed by atoms with Crippen LogP contribution in [-0.4, -0.2) is 29.4 Å². The fourth-order valence-corrected chi connectivity index (χ4v) is 1.48. The number of aromatic nitrogens is 1. The molecule has 5 heteroatoms. The Hall–Kier alpha value is -1.33. The molecule has 0 aliphatic carbocycles. The van der Waals surface area contributed by atoms with E-state index in [1.807, 2.05) is 0 Å². The molecule has 84 valence electrons. The van der Waals surface area contributed by atoms with Crippen LogP contribution in [0.2, 0.25) is 0 Å². The molecule has 0 aliphatic rings. The lowest BCUT2D eigenvalue weighted by atomic mass is 10.0. The van der Waals surface area contributed by atoms with Gasteiger partial charge in [-0.15, -0.1) is 0 Å². The average Bonchev–Trinajstić information content (AvgIpc) is 2.59. The minimum absolute atomic E-state index is 0.189.